The molecule has 0 radical (unpaired) electrons. The van der Waals surface area contributed by atoms with Crippen molar-refractivity contribution in [1.29, 1.82) is 0 Å². The Labute approximate surface area is 174 Å². The number of aliphatic hydroxyl groups is 3. The molecular weight excluding hydrogens is 348 g/mol. The summed E-state index contributed by atoms with van der Waals surface area (Å²) in [5.74, 6) is 0. The van der Waals surface area contributed by atoms with E-state index in [1.807, 2.05) is 0 Å². The van der Waals surface area contributed by atoms with Gasteiger partial charge in [-0.15, -0.1) is 0 Å². The van der Waals surface area contributed by atoms with Crippen LogP contribution in [0.1, 0.15) is 129 Å². The molecule has 0 unspecified atom stereocenters. The van der Waals surface area contributed by atoms with Gasteiger partial charge in [0.25, 0.3) is 0 Å². The fraction of sp³-hybridized carbons (Fsp3) is 0.920. The first kappa shape index (κ1) is 25.7. The Morgan fingerprint density at radius 3 is 1.61 bits per heavy atom. The third-order valence-electron chi connectivity index (χ3n) is 6.18. The van der Waals surface area contributed by atoms with Gasteiger partial charge in [0.05, 0.1) is 17.8 Å². The van der Waals surface area contributed by atoms with Crippen LogP contribution in [-0.4, -0.2) is 33.1 Å². The van der Waals surface area contributed by atoms with E-state index in [1.165, 1.54) is 83.5 Å². The average Bonchev–Trinajstić information content (AvgIpc) is 2.63. The average molecular weight is 397 g/mol. The first-order valence-electron chi connectivity index (χ1n) is 12.3. The SMILES string of the molecule is CCCCCCCC/C=C\CCCCCCCCCC1(O)C[C@@H](O)C[C@H](O)C1. The topological polar surface area (TPSA) is 60.7 Å². The summed E-state index contributed by atoms with van der Waals surface area (Å²) in [4.78, 5) is 0. The fourth-order valence-electron chi connectivity index (χ4n) is 4.52. The summed E-state index contributed by atoms with van der Waals surface area (Å²) in [7, 11) is 0. The first-order chi connectivity index (χ1) is 13.6. The molecular formula is C25H48O3. The molecule has 1 aliphatic rings. The molecule has 0 aliphatic heterocycles. The van der Waals surface area contributed by atoms with Gasteiger partial charge >= 0.3 is 0 Å². The van der Waals surface area contributed by atoms with Crippen LogP contribution in [0.4, 0.5) is 0 Å². The molecule has 0 bridgehead atoms. The lowest BCUT2D eigenvalue weighted by molar-refractivity contribution is -0.0950. The summed E-state index contributed by atoms with van der Waals surface area (Å²) in [6.45, 7) is 2.27. The second-order valence-corrected chi connectivity index (χ2v) is 9.22. The van der Waals surface area contributed by atoms with Gasteiger partial charge in [-0.05, 0) is 38.5 Å². The van der Waals surface area contributed by atoms with E-state index < -0.39 is 17.8 Å². The predicted molar refractivity (Wildman–Crippen MR) is 120 cm³/mol. The summed E-state index contributed by atoms with van der Waals surface area (Å²) in [5.41, 5.74) is -0.848. The normalized spacial score (nSPS) is 25.6. The summed E-state index contributed by atoms with van der Waals surface area (Å²) in [5, 5.41) is 30.0. The number of allylic oxidation sites excluding steroid dienone is 2. The Bertz CT molecular complexity index is 370. The molecule has 166 valence electrons. The maximum absolute atomic E-state index is 10.5. The van der Waals surface area contributed by atoms with Gasteiger partial charge in [-0.1, -0.05) is 89.7 Å². The van der Waals surface area contributed by atoms with Crippen molar-refractivity contribution in [2.24, 2.45) is 0 Å². The summed E-state index contributed by atoms with van der Waals surface area (Å²) in [6.07, 6.45) is 25.0. The number of hydrogen-bond donors (Lipinski definition) is 3. The smallest absolute Gasteiger partial charge is 0.0697 e. The zero-order valence-corrected chi connectivity index (χ0v) is 18.6. The van der Waals surface area contributed by atoms with Gasteiger partial charge in [0.15, 0.2) is 0 Å². The highest BCUT2D eigenvalue weighted by molar-refractivity contribution is 4.90. The Balaban J connectivity index is 1.83. The number of unbranched alkanes of at least 4 members (excludes halogenated alkanes) is 13. The van der Waals surface area contributed by atoms with Crippen LogP contribution in [-0.2, 0) is 0 Å². The van der Waals surface area contributed by atoms with Crippen LogP contribution in [0.15, 0.2) is 12.2 Å². The highest BCUT2D eigenvalue weighted by Crippen LogP contribution is 2.33. The second-order valence-electron chi connectivity index (χ2n) is 9.22. The first-order valence-corrected chi connectivity index (χ1v) is 12.3. The summed E-state index contributed by atoms with van der Waals surface area (Å²) in [6, 6.07) is 0. The van der Waals surface area contributed by atoms with Gasteiger partial charge in [-0.3, -0.25) is 0 Å². The molecule has 1 aliphatic carbocycles. The van der Waals surface area contributed by atoms with Crippen LogP contribution in [0.3, 0.4) is 0 Å². The molecule has 0 aromatic rings. The second kappa shape index (κ2) is 16.4. The number of hydrogen-bond acceptors (Lipinski definition) is 3. The number of rotatable bonds is 17. The summed E-state index contributed by atoms with van der Waals surface area (Å²) < 4.78 is 0. The predicted octanol–water partition coefficient (Wildman–Crippen LogP) is 6.44. The Morgan fingerprint density at radius 1 is 0.679 bits per heavy atom. The maximum atomic E-state index is 10.5. The molecule has 3 nitrogen and oxygen atoms in total. The molecule has 1 rings (SSSR count). The minimum atomic E-state index is -0.848. The standard InChI is InChI=1S/C25H48O3/c1-2-3-4-5-6-7-8-9-10-11-12-13-14-15-16-17-18-19-25(28)21-23(26)20-24(27)22-25/h9-10,23-24,26-28H,2-8,11-22H2,1H3/b10-9-/t23-,24-/m0/s1. The van der Waals surface area contributed by atoms with Gasteiger partial charge in [0, 0.05) is 12.8 Å². The van der Waals surface area contributed by atoms with Gasteiger partial charge in [-0.2, -0.15) is 0 Å². The van der Waals surface area contributed by atoms with Gasteiger partial charge in [0.2, 0.25) is 0 Å². The van der Waals surface area contributed by atoms with Crippen molar-refractivity contribution >= 4 is 0 Å². The third kappa shape index (κ3) is 13.7. The molecule has 0 aromatic carbocycles. The van der Waals surface area contributed by atoms with E-state index in [4.69, 9.17) is 0 Å². The lowest BCUT2D eigenvalue weighted by Crippen LogP contribution is -2.43. The van der Waals surface area contributed by atoms with Crippen LogP contribution in [0.5, 0.6) is 0 Å². The van der Waals surface area contributed by atoms with Gasteiger partial charge in [0.1, 0.15) is 0 Å². The minimum Gasteiger partial charge on any atom is -0.393 e. The quantitative estimate of drug-likeness (QED) is 0.196. The van der Waals surface area contributed by atoms with Gasteiger partial charge < -0.3 is 15.3 Å². The van der Waals surface area contributed by atoms with E-state index >= 15 is 0 Å². The lowest BCUT2D eigenvalue weighted by Gasteiger charge is -2.37. The van der Waals surface area contributed by atoms with Crippen LogP contribution in [0.25, 0.3) is 0 Å². The van der Waals surface area contributed by atoms with E-state index in [0.717, 1.165) is 12.8 Å². The maximum Gasteiger partial charge on any atom is 0.0697 e. The van der Waals surface area contributed by atoms with Crippen molar-refractivity contribution < 1.29 is 15.3 Å². The van der Waals surface area contributed by atoms with Crippen molar-refractivity contribution in [3.05, 3.63) is 12.2 Å². The van der Waals surface area contributed by atoms with Crippen molar-refractivity contribution in [1.82, 2.24) is 0 Å². The zero-order chi connectivity index (χ0) is 20.5. The molecule has 1 fully saturated rings. The Hall–Kier alpha value is -0.380. The van der Waals surface area contributed by atoms with Crippen LogP contribution >= 0.6 is 0 Å². The zero-order valence-electron chi connectivity index (χ0n) is 18.6. The largest absolute Gasteiger partial charge is 0.393 e. The lowest BCUT2D eigenvalue weighted by atomic mass is 9.78. The van der Waals surface area contributed by atoms with Gasteiger partial charge in [-0.25, -0.2) is 0 Å². The molecule has 28 heavy (non-hydrogen) atoms. The van der Waals surface area contributed by atoms with Crippen molar-refractivity contribution in [3.8, 4) is 0 Å². The monoisotopic (exact) mass is 396 g/mol. The highest BCUT2D eigenvalue weighted by atomic mass is 16.3. The van der Waals surface area contributed by atoms with Crippen LogP contribution in [0.2, 0.25) is 0 Å². The number of aliphatic hydroxyl groups excluding tert-OH is 2. The molecule has 3 N–H and O–H groups in total. The van der Waals surface area contributed by atoms with E-state index in [1.54, 1.807) is 0 Å². The van der Waals surface area contributed by atoms with E-state index in [9.17, 15) is 15.3 Å². The van der Waals surface area contributed by atoms with Crippen LogP contribution < -0.4 is 0 Å². The van der Waals surface area contributed by atoms with E-state index in [0.29, 0.717) is 25.7 Å². The molecule has 0 heterocycles. The van der Waals surface area contributed by atoms with Crippen LogP contribution in [0, 0.1) is 0 Å². The molecule has 0 amide bonds. The molecule has 1 saturated carbocycles. The molecule has 0 spiro atoms. The molecule has 3 heteroatoms. The van der Waals surface area contributed by atoms with Crippen molar-refractivity contribution in [3.63, 3.8) is 0 Å². The van der Waals surface area contributed by atoms with Crippen molar-refractivity contribution in [2.75, 3.05) is 0 Å². The Morgan fingerprint density at radius 2 is 1.11 bits per heavy atom. The van der Waals surface area contributed by atoms with E-state index in [2.05, 4.69) is 19.1 Å². The molecule has 2 atom stereocenters. The molecule has 0 aromatic heterocycles. The van der Waals surface area contributed by atoms with Crippen molar-refractivity contribution in [2.45, 2.75) is 147 Å². The molecule has 0 saturated heterocycles. The fourth-order valence-corrected chi connectivity index (χ4v) is 4.52. The summed E-state index contributed by atoms with van der Waals surface area (Å²) >= 11 is 0. The third-order valence-corrected chi connectivity index (χ3v) is 6.18. The Kier molecular flexibility index (Phi) is 15.0. The van der Waals surface area contributed by atoms with E-state index in [-0.39, 0.29) is 0 Å². The highest BCUT2D eigenvalue weighted by Gasteiger charge is 2.37. The minimum absolute atomic E-state index is 0.413.